The van der Waals surface area contributed by atoms with Gasteiger partial charge in [-0.1, -0.05) is 23.3 Å². The van der Waals surface area contributed by atoms with Crippen LogP contribution in [0.25, 0.3) is 0 Å². The smallest absolute Gasteiger partial charge is 0.423 e. The van der Waals surface area contributed by atoms with Crippen molar-refractivity contribution in [2.75, 3.05) is 0 Å². The summed E-state index contributed by atoms with van der Waals surface area (Å²) in [4.78, 5) is 0. The van der Waals surface area contributed by atoms with Gasteiger partial charge in [0.15, 0.2) is 0 Å². The van der Waals surface area contributed by atoms with Crippen LogP contribution in [0.5, 0.6) is 0 Å². The van der Waals surface area contributed by atoms with E-state index < -0.39 is 14.2 Å². The average molecular weight is 276 g/mol. The summed E-state index contributed by atoms with van der Waals surface area (Å²) in [6.07, 6.45) is 0. The summed E-state index contributed by atoms with van der Waals surface area (Å²) in [5, 5.41) is 18.7. The Kier molecular flexibility index (Phi) is 3.80. The molecular formula is C14H22B2O4. The molecule has 4 nitrogen and oxygen atoms in total. The van der Waals surface area contributed by atoms with Crippen molar-refractivity contribution >= 4 is 25.2 Å². The lowest BCUT2D eigenvalue weighted by atomic mass is 9.69. The quantitative estimate of drug-likeness (QED) is 0.762. The normalized spacial score (nSPS) is 20.3. The maximum absolute atomic E-state index is 9.34. The fourth-order valence-corrected chi connectivity index (χ4v) is 2.36. The third-order valence-corrected chi connectivity index (χ3v) is 4.44. The van der Waals surface area contributed by atoms with Crippen molar-refractivity contribution in [3.63, 3.8) is 0 Å². The molecular weight excluding hydrogens is 254 g/mol. The van der Waals surface area contributed by atoms with E-state index in [1.54, 1.807) is 6.07 Å². The molecule has 2 N–H and O–H groups in total. The first kappa shape index (κ1) is 15.6. The number of benzene rings is 1. The van der Waals surface area contributed by atoms with Crippen LogP contribution in [0.1, 0.15) is 38.8 Å². The highest BCUT2D eigenvalue weighted by atomic mass is 16.7. The van der Waals surface area contributed by atoms with E-state index in [2.05, 4.69) is 0 Å². The largest absolute Gasteiger partial charge is 0.495 e. The zero-order chi connectivity index (χ0) is 15.3. The van der Waals surface area contributed by atoms with Gasteiger partial charge < -0.3 is 19.4 Å². The van der Waals surface area contributed by atoms with Gasteiger partial charge in [0, 0.05) is 0 Å². The van der Waals surface area contributed by atoms with E-state index in [-0.39, 0.29) is 11.2 Å². The molecule has 0 radical (unpaired) electrons. The van der Waals surface area contributed by atoms with E-state index in [4.69, 9.17) is 9.31 Å². The second-order valence-electron chi connectivity index (χ2n) is 6.53. The molecule has 0 aromatic heterocycles. The van der Waals surface area contributed by atoms with Crippen LogP contribution in [0.15, 0.2) is 12.1 Å². The molecule has 0 aliphatic carbocycles. The minimum Gasteiger partial charge on any atom is -0.423 e. The molecule has 0 unspecified atom stereocenters. The van der Waals surface area contributed by atoms with Crippen molar-refractivity contribution in [3.05, 3.63) is 23.3 Å². The van der Waals surface area contributed by atoms with E-state index >= 15 is 0 Å². The van der Waals surface area contributed by atoms with Crippen LogP contribution in [-0.4, -0.2) is 35.5 Å². The summed E-state index contributed by atoms with van der Waals surface area (Å²) in [7, 11) is -1.88. The predicted octanol–water partition coefficient (Wildman–Crippen LogP) is 0.282. The Balaban J connectivity index is 2.39. The zero-order valence-corrected chi connectivity index (χ0v) is 13.0. The van der Waals surface area contributed by atoms with Gasteiger partial charge in [-0.05, 0) is 52.5 Å². The van der Waals surface area contributed by atoms with Crippen molar-refractivity contribution in [2.24, 2.45) is 0 Å². The summed E-state index contributed by atoms with van der Waals surface area (Å²) in [5.74, 6) is 0. The van der Waals surface area contributed by atoms with Gasteiger partial charge in [0.05, 0.1) is 11.2 Å². The molecule has 1 aliphatic rings. The highest BCUT2D eigenvalue weighted by Gasteiger charge is 2.52. The Morgan fingerprint density at radius 2 is 1.45 bits per heavy atom. The monoisotopic (exact) mass is 276 g/mol. The topological polar surface area (TPSA) is 58.9 Å². The highest BCUT2D eigenvalue weighted by molar-refractivity contribution is 6.64. The lowest BCUT2D eigenvalue weighted by Crippen LogP contribution is -2.41. The zero-order valence-electron chi connectivity index (χ0n) is 13.0. The van der Waals surface area contributed by atoms with Gasteiger partial charge >= 0.3 is 14.2 Å². The van der Waals surface area contributed by atoms with E-state index in [0.717, 1.165) is 16.6 Å². The molecule has 108 valence electrons. The average Bonchev–Trinajstić information content (AvgIpc) is 2.50. The Labute approximate surface area is 121 Å². The molecule has 20 heavy (non-hydrogen) atoms. The van der Waals surface area contributed by atoms with Crippen LogP contribution in [0.3, 0.4) is 0 Å². The number of aryl methyl sites for hydroxylation is 2. The predicted molar refractivity (Wildman–Crippen MR) is 81.5 cm³/mol. The molecule has 2 rings (SSSR count). The molecule has 0 atom stereocenters. The standard InChI is InChI=1S/C14H22B2O4/c1-9-8-12(10(2)7-11(9)15(17)18)16-19-13(3,4)14(5,6)20-16/h7-8,17-18H,1-6H3. The molecule has 1 aliphatic heterocycles. The fraction of sp³-hybridized carbons (Fsp3) is 0.571. The summed E-state index contributed by atoms with van der Waals surface area (Å²) in [6.45, 7) is 11.8. The highest BCUT2D eigenvalue weighted by Crippen LogP contribution is 2.36. The molecule has 1 heterocycles. The first-order valence-corrected chi connectivity index (χ1v) is 6.88. The second kappa shape index (κ2) is 4.88. The minimum atomic E-state index is -1.46. The van der Waals surface area contributed by atoms with Crippen LogP contribution in [0.2, 0.25) is 0 Å². The number of hydrogen-bond donors (Lipinski definition) is 2. The van der Waals surface area contributed by atoms with Gasteiger partial charge in [-0.15, -0.1) is 0 Å². The van der Waals surface area contributed by atoms with Crippen molar-refractivity contribution < 1.29 is 19.4 Å². The lowest BCUT2D eigenvalue weighted by molar-refractivity contribution is 0.00578. The molecule has 6 heteroatoms. The molecule has 0 amide bonds. The van der Waals surface area contributed by atoms with Gasteiger partial charge in [0.2, 0.25) is 0 Å². The summed E-state index contributed by atoms with van der Waals surface area (Å²) in [5.41, 5.74) is 2.43. The molecule has 1 aromatic carbocycles. The fourth-order valence-electron chi connectivity index (χ4n) is 2.36. The Morgan fingerprint density at radius 3 is 1.90 bits per heavy atom. The number of hydrogen-bond acceptors (Lipinski definition) is 4. The van der Waals surface area contributed by atoms with E-state index in [1.807, 2.05) is 47.6 Å². The summed E-state index contributed by atoms with van der Waals surface area (Å²) in [6, 6.07) is 3.69. The molecule has 0 spiro atoms. The lowest BCUT2D eigenvalue weighted by Gasteiger charge is -2.32. The van der Waals surface area contributed by atoms with Crippen LogP contribution < -0.4 is 10.9 Å². The molecule has 0 bridgehead atoms. The molecule has 1 saturated heterocycles. The van der Waals surface area contributed by atoms with Crippen molar-refractivity contribution in [2.45, 2.75) is 52.7 Å². The molecule has 1 aromatic rings. The SMILES string of the molecule is Cc1cc(B2OC(C)(C)C(C)(C)O2)c(C)cc1B(O)O. The van der Waals surface area contributed by atoms with Crippen molar-refractivity contribution in [1.82, 2.24) is 0 Å². The Bertz CT molecular complexity index is 510. The Hall–Kier alpha value is -0.810. The first-order valence-electron chi connectivity index (χ1n) is 6.88. The minimum absolute atomic E-state index is 0.382. The van der Waals surface area contributed by atoms with Crippen LogP contribution in [0, 0.1) is 13.8 Å². The third-order valence-electron chi connectivity index (χ3n) is 4.44. The summed E-state index contributed by atoms with van der Waals surface area (Å²) < 4.78 is 12.1. The van der Waals surface area contributed by atoms with Crippen molar-refractivity contribution in [3.8, 4) is 0 Å². The van der Waals surface area contributed by atoms with E-state index in [0.29, 0.717) is 5.46 Å². The maximum atomic E-state index is 9.34. The van der Waals surface area contributed by atoms with Gasteiger partial charge in [-0.25, -0.2) is 0 Å². The molecule has 0 saturated carbocycles. The summed E-state index contributed by atoms with van der Waals surface area (Å²) >= 11 is 0. The maximum Gasteiger partial charge on any atom is 0.495 e. The van der Waals surface area contributed by atoms with Gasteiger partial charge in [-0.2, -0.15) is 0 Å². The molecule has 1 fully saturated rings. The third kappa shape index (κ3) is 2.53. The van der Waals surface area contributed by atoms with Gasteiger partial charge in [0.1, 0.15) is 0 Å². The second-order valence-corrected chi connectivity index (χ2v) is 6.53. The van der Waals surface area contributed by atoms with E-state index in [1.165, 1.54) is 0 Å². The Morgan fingerprint density at radius 1 is 0.950 bits per heavy atom. The first-order chi connectivity index (χ1) is 9.05. The van der Waals surface area contributed by atoms with Gasteiger partial charge in [0.25, 0.3) is 0 Å². The van der Waals surface area contributed by atoms with Crippen LogP contribution >= 0.6 is 0 Å². The van der Waals surface area contributed by atoms with E-state index in [9.17, 15) is 10.0 Å². The van der Waals surface area contributed by atoms with Crippen LogP contribution in [-0.2, 0) is 9.31 Å². The van der Waals surface area contributed by atoms with Crippen molar-refractivity contribution in [1.29, 1.82) is 0 Å². The number of rotatable bonds is 2. The van der Waals surface area contributed by atoms with Gasteiger partial charge in [-0.3, -0.25) is 0 Å². The van der Waals surface area contributed by atoms with Crippen LogP contribution in [0.4, 0.5) is 0 Å².